The number of hydrogen-bond donors (Lipinski definition) is 1. The minimum Gasteiger partial charge on any atom is -0.383 e. The van der Waals surface area contributed by atoms with Gasteiger partial charge in [-0.3, -0.25) is 19.3 Å². The van der Waals surface area contributed by atoms with E-state index < -0.39 is 0 Å². The van der Waals surface area contributed by atoms with Gasteiger partial charge < -0.3 is 5.73 Å². The quantitative estimate of drug-likeness (QED) is 0.236. The Morgan fingerprint density at radius 3 is 2.33 bits per heavy atom. The third kappa shape index (κ3) is 4.45. The number of ketones is 1. The maximum absolute atomic E-state index is 12.7. The first kappa shape index (κ1) is 23.3. The summed E-state index contributed by atoms with van der Waals surface area (Å²) in [5, 5.41) is 2.30. The van der Waals surface area contributed by atoms with E-state index in [9.17, 15) is 14.4 Å². The standard InChI is InChI=1S/C29H20ClN3O3/c30-21-13-12-20-17-32-27(31)22(25(20)16-21)14-9-18-7-10-19(11-8-18)26(34)6-3-15-33-28(35)23-4-1-2-5-24(23)29(33)36/h1-2,4-5,7-8,10-13,16-17H,3,6,15H2,(H2,31,32). The van der Waals surface area contributed by atoms with E-state index >= 15 is 0 Å². The number of rotatable bonds is 5. The number of nitrogens with zero attached hydrogens (tertiary/aromatic N) is 2. The zero-order chi connectivity index (χ0) is 25.2. The fourth-order valence-corrected chi connectivity index (χ4v) is 4.36. The Morgan fingerprint density at radius 1 is 0.944 bits per heavy atom. The van der Waals surface area contributed by atoms with Gasteiger partial charge in [-0.25, -0.2) is 4.98 Å². The van der Waals surface area contributed by atoms with E-state index in [0.29, 0.717) is 39.5 Å². The van der Waals surface area contributed by atoms with Gasteiger partial charge in [0.05, 0.1) is 16.7 Å². The molecule has 1 aromatic heterocycles. The molecule has 3 aromatic carbocycles. The van der Waals surface area contributed by atoms with Crippen LogP contribution in [0.2, 0.25) is 5.02 Å². The third-order valence-corrected chi connectivity index (χ3v) is 6.32. The van der Waals surface area contributed by atoms with Gasteiger partial charge >= 0.3 is 0 Å². The number of benzene rings is 3. The molecule has 4 aromatic rings. The highest BCUT2D eigenvalue weighted by Gasteiger charge is 2.34. The molecule has 2 heterocycles. The van der Waals surface area contributed by atoms with Crippen molar-refractivity contribution < 1.29 is 14.4 Å². The molecule has 0 atom stereocenters. The summed E-state index contributed by atoms with van der Waals surface area (Å²) in [4.78, 5) is 43.0. The zero-order valence-corrected chi connectivity index (χ0v) is 19.9. The first-order valence-electron chi connectivity index (χ1n) is 11.4. The highest BCUT2D eigenvalue weighted by molar-refractivity contribution is 6.31. The number of carbonyl (C=O) groups excluding carboxylic acids is 3. The van der Waals surface area contributed by atoms with Crippen molar-refractivity contribution >= 4 is 45.8 Å². The molecule has 0 bridgehead atoms. The highest BCUT2D eigenvalue weighted by atomic mass is 35.5. The monoisotopic (exact) mass is 493 g/mol. The van der Waals surface area contributed by atoms with Crippen molar-refractivity contribution in [2.75, 3.05) is 12.3 Å². The smallest absolute Gasteiger partial charge is 0.261 e. The van der Waals surface area contributed by atoms with E-state index in [1.165, 1.54) is 4.90 Å². The van der Waals surface area contributed by atoms with Crippen LogP contribution >= 0.6 is 11.6 Å². The second kappa shape index (κ2) is 9.65. The Labute approximate surface area is 212 Å². The molecule has 0 saturated heterocycles. The summed E-state index contributed by atoms with van der Waals surface area (Å²) in [7, 11) is 0. The van der Waals surface area contributed by atoms with E-state index in [0.717, 1.165) is 16.3 Å². The first-order chi connectivity index (χ1) is 17.4. The van der Waals surface area contributed by atoms with Crippen molar-refractivity contribution in [3.05, 3.63) is 106 Å². The molecule has 1 aliphatic rings. The summed E-state index contributed by atoms with van der Waals surface area (Å²) in [6, 6.07) is 19.2. The molecule has 7 heteroatoms. The van der Waals surface area contributed by atoms with Crippen LogP contribution in [0.3, 0.4) is 0 Å². The van der Waals surface area contributed by atoms with Crippen molar-refractivity contribution in [3.8, 4) is 11.8 Å². The number of fused-ring (bicyclic) bond motifs is 2. The molecule has 5 rings (SSSR count). The molecule has 2 amide bonds. The minimum absolute atomic E-state index is 0.0664. The second-order valence-corrected chi connectivity index (χ2v) is 8.85. The van der Waals surface area contributed by atoms with E-state index in [1.807, 2.05) is 12.1 Å². The van der Waals surface area contributed by atoms with Crippen LogP contribution in [0.25, 0.3) is 10.8 Å². The van der Waals surface area contributed by atoms with Crippen molar-refractivity contribution in [2.45, 2.75) is 12.8 Å². The Kier molecular flexibility index (Phi) is 6.24. The lowest BCUT2D eigenvalue weighted by molar-refractivity contribution is 0.0647. The molecule has 36 heavy (non-hydrogen) atoms. The van der Waals surface area contributed by atoms with Crippen LogP contribution in [-0.4, -0.2) is 34.0 Å². The van der Waals surface area contributed by atoms with Crippen LogP contribution in [0.1, 0.15) is 55.0 Å². The van der Waals surface area contributed by atoms with Crippen LogP contribution in [-0.2, 0) is 0 Å². The summed E-state index contributed by atoms with van der Waals surface area (Å²) in [6.45, 7) is 0.201. The van der Waals surface area contributed by atoms with Gasteiger partial charge in [-0.1, -0.05) is 53.8 Å². The molecule has 1 aliphatic heterocycles. The van der Waals surface area contributed by atoms with Crippen LogP contribution in [0, 0.1) is 11.8 Å². The lowest BCUT2D eigenvalue weighted by atomic mass is 10.0. The summed E-state index contributed by atoms with van der Waals surface area (Å²) < 4.78 is 0. The molecule has 0 fully saturated rings. The maximum Gasteiger partial charge on any atom is 0.261 e. The Balaban J connectivity index is 1.23. The normalized spacial score (nSPS) is 12.4. The third-order valence-electron chi connectivity index (χ3n) is 6.09. The van der Waals surface area contributed by atoms with E-state index in [2.05, 4.69) is 16.8 Å². The first-order valence-corrected chi connectivity index (χ1v) is 11.7. The number of imide groups is 1. The lowest BCUT2D eigenvalue weighted by Gasteiger charge is -2.13. The van der Waals surface area contributed by atoms with Crippen LogP contribution in [0.15, 0.2) is 72.9 Å². The molecule has 2 N–H and O–H groups in total. The fraction of sp³-hybridized carbons (Fsp3) is 0.103. The van der Waals surface area contributed by atoms with Gasteiger partial charge in [0.2, 0.25) is 0 Å². The second-order valence-electron chi connectivity index (χ2n) is 8.41. The fourth-order valence-electron chi connectivity index (χ4n) is 4.19. The molecule has 0 radical (unpaired) electrons. The largest absolute Gasteiger partial charge is 0.383 e. The number of anilines is 1. The number of nitrogen functional groups attached to an aromatic ring is 1. The minimum atomic E-state index is -0.310. The topological polar surface area (TPSA) is 93.4 Å². The number of amides is 2. The van der Waals surface area contributed by atoms with Gasteiger partial charge in [-0.15, -0.1) is 0 Å². The molecule has 6 nitrogen and oxygen atoms in total. The SMILES string of the molecule is Nc1ncc2ccc(Cl)cc2c1C#Cc1ccc(C(=O)CCCN2C(=O)c3ccccc3C2=O)cc1. The molecule has 176 valence electrons. The van der Waals surface area contributed by atoms with Crippen molar-refractivity contribution in [1.29, 1.82) is 0 Å². The van der Waals surface area contributed by atoms with Gasteiger partial charge in [-0.2, -0.15) is 0 Å². The predicted molar refractivity (Wildman–Crippen MR) is 139 cm³/mol. The van der Waals surface area contributed by atoms with Gasteiger partial charge in [-0.05, 0) is 42.8 Å². The molecule has 0 unspecified atom stereocenters. The average Bonchev–Trinajstić information content (AvgIpc) is 3.13. The predicted octanol–water partition coefficient (Wildman–Crippen LogP) is 5.13. The Bertz CT molecular complexity index is 1560. The number of aromatic nitrogens is 1. The number of halogens is 1. The van der Waals surface area contributed by atoms with E-state index in [1.54, 1.807) is 60.8 Å². The average molecular weight is 494 g/mol. The van der Waals surface area contributed by atoms with Gasteiger partial charge in [0.1, 0.15) is 5.82 Å². The maximum atomic E-state index is 12.7. The van der Waals surface area contributed by atoms with Gasteiger partial charge in [0.15, 0.2) is 5.78 Å². The lowest BCUT2D eigenvalue weighted by Crippen LogP contribution is -2.31. The summed E-state index contributed by atoms with van der Waals surface area (Å²) >= 11 is 6.14. The van der Waals surface area contributed by atoms with Crippen LogP contribution in [0.5, 0.6) is 0 Å². The van der Waals surface area contributed by atoms with Gasteiger partial charge in [0, 0.05) is 46.1 Å². The molecule has 0 spiro atoms. The summed E-state index contributed by atoms with van der Waals surface area (Å²) in [5.74, 6) is 5.79. The van der Waals surface area contributed by atoms with Crippen molar-refractivity contribution in [2.24, 2.45) is 0 Å². The molecular weight excluding hydrogens is 474 g/mol. The molecule has 0 aliphatic carbocycles. The van der Waals surface area contributed by atoms with E-state index in [4.69, 9.17) is 17.3 Å². The molecular formula is C29H20ClN3O3. The summed E-state index contributed by atoms with van der Waals surface area (Å²) in [6.07, 6.45) is 2.29. The number of carbonyl (C=O) groups is 3. The van der Waals surface area contributed by atoms with Crippen molar-refractivity contribution in [1.82, 2.24) is 9.88 Å². The van der Waals surface area contributed by atoms with Crippen LogP contribution < -0.4 is 5.73 Å². The Hall–Kier alpha value is -4.47. The number of pyridine rings is 1. The zero-order valence-electron chi connectivity index (χ0n) is 19.1. The number of nitrogens with two attached hydrogens (primary N) is 1. The molecule has 0 saturated carbocycles. The van der Waals surface area contributed by atoms with Crippen LogP contribution in [0.4, 0.5) is 5.82 Å². The highest BCUT2D eigenvalue weighted by Crippen LogP contribution is 2.25. The number of Topliss-reactive ketones (excluding diaryl/α,β-unsaturated/α-hetero) is 1. The summed E-state index contributed by atoms with van der Waals surface area (Å²) in [5.41, 5.74) is 8.74. The Morgan fingerprint density at radius 2 is 1.64 bits per heavy atom. The van der Waals surface area contributed by atoms with Crippen molar-refractivity contribution in [3.63, 3.8) is 0 Å². The van der Waals surface area contributed by atoms with Gasteiger partial charge in [0.25, 0.3) is 11.8 Å². The number of hydrogen-bond acceptors (Lipinski definition) is 5. The van der Waals surface area contributed by atoms with E-state index in [-0.39, 0.29) is 30.6 Å².